The van der Waals surface area contributed by atoms with Gasteiger partial charge in [0.1, 0.15) is 11.5 Å². The van der Waals surface area contributed by atoms with Gasteiger partial charge < -0.3 is 19.9 Å². The highest BCUT2D eigenvalue weighted by molar-refractivity contribution is 5.90. The number of hydrogen-bond acceptors (Lipinski definition) is 5. The van der Waals surface area contributed by atoms with Crippen LogP contribution in [0.1, 0.15) is 12.5 Å². The summed E-state index contributed by atoms with van der Waals surface area (Å²) in [6, 6.07) is 5.17. The summed E-state index contributed by atoms with van der Waals surface area (Å²) in [7, 11) is 3.06. The van der Waals surface area contributed by atoms with Crippen LogP contribution in [0.15, 0.2) is 24.3 Å². The molecule has 108 valence electrons. The van der Waals surface area contributed by atoms with Gasteiger partial charge in [-0.25, -0.2) is 4.79 Å². The topological polar surface area (TPSA) is 87.8 Å². The summed E-state index contributed by atoms with van der Waals surface area (Å²) in [5.41, 5.74) is 5.65. The maximum atomic E-state index is 11.5. The minimum Gasteiger partial charge on any atom is -0.497 e. The van der Waals surface area contributed by atoms with Gasteiger partial charge >= 0.3 is 5.97 Å². The van der Waals surface area contributed by atoms with E-state index in [4.69, 9.17) is 19.9 Å². The standard InChI is InChI=1S/C14H17NO5/c1-9(14(15)17)20-13(16)7-4-10-8-11(18-2)5-6-12(10)19-3/h4-9H,1-3H3,(H2,15,17)/b7-4+/t9-/m0/s1. The smallest absolute Gasteiger partial charge is 0.331 e. The van der Waals surface area contributed by atoms with Crippen LogP contribution < -0.4 is 15.2 Å². The zero-order chi connectivity index (χ0) is 15.1. The van der Waals surface area contributed by atoms with Crippen LogP contribution in [-0.2, 0) is 14.3 Å². The van der Waals surface area contributed by atoms with Crippen LogP contribution in [0.3, 0.4) is 0 Å². The molecule has 0 aliphatic carbocycles. The summed E-state index contributed by atoms with van der Waals surface area (Å²) in [5, 5.41) is 0. The van der Waals surface area contributed by atoms with Crippen LogP contribution in [0.4, 0.5) is 0 Å². The molecule has 0 aromatic heterocycles. The van der Waals surface area contributed by atoms with Crippen molar-refractivity contribution in [3.63, 3.8) is 0 Å². The molecule has 6 nitrogen and oxygen atoms in total. The third-order valence-corrected chi connectivity index (χ3v) is 2.53. The Kier molecular flexibility index (Phi) is 5.58. The molecule has 0 aliphatic heterocycles. The third kappa shape index (κ3) is 4.31. The van der Waals surface area contributed by atoms with Crippen LogP contribution in [-0.4, -0.2) is 32.2 Å². The summed E-state index contributed by atoms with van der Waals surface area (Å²) in [5.74, 6) is -0.158. The number of benzene rings is 1. The molecule has 1 aromatic carbocycles. The quantitative estimate of drug-likeness (QED) is 0.623. The maximum Gasteiger partial charge on any atom is 0.331 e. The molecule has 1 amide bonds. The molecule has 20 heavy (non-hydrogen) atoms. The number of nitrogens with two attached hydrogens (primary N) is 1. The van der Waals surface area contributed by atoms with Crippen molar-refractivity contribution >= 4 is 18.0 Å². The molecule has 0 heterocycles. The molecular formula is C14H17NO5. The number of amides is 1. The van der Waals surface area contributed by atoms with E-state index in [1.54, 1.807) is 18.2 Å². The van der Waals surface area contributed by atoms with E-state index in [9.17, 15) is 9.59 Å². The van der Waals surface area contributed by atoms with Gasteiger partial charge in [-0.2, -0.15) is 0 Å². The Hall–Kier alpha value is -2.50. The summed E-state index contributed by atoms with van der Waals surface area (Å²) in [6.07, 6.45) is 1.73. The lowest BCUT2D eigenvalue weighted by atomic mass is 10.1. The van der Waals surface area contributed by atoms with Crippen LogP contribution in [0.25, 0.3) is 6.08 Å². The molecule has 2 N–H and O–H groups in total. The first kappa shape index (κ1) is 15.6. The largest absolute Gasteiger partial charge is 0.497 e. The molecule has 6 heteroatoms. The molecule has 0 unspecified atom stereocenters. The van der Waals surface area contributed by atoms with Crippen molar-refractivity contribution in [2.45, 2.75) is 13.0 Å². The van der Waals surface area contributed by atoms with E-state index in [1.165, 1.54) is 33.3 Å². The Balaban J connectivity index is 2.83. The van der Waals surface area contributed by atoms with Gasteiger partial charge in [0.25, 0.3) is 5.91 Å². The molecule has 0 bridgehead atoms. The zero-order valence-electron chi connectivity index (χ0n) is 11.6. The van der Waals surface area contributed by atoms with Crippen molar-refractivity contribution in [1.29, 1.82) is 0 Å². The molecule has 0 aliphatic rings. The number of rotatable bonds is 6. The van der Waals surface area contributed by atoms with Crippen molar-refractivity contribution in [2.24, 2.45) is 5.73 Å². The number of primary amides is 1. The Labute approximate surface area is 117 Å². The second-order valence-electron chi connectivity index (χ2n) is 3.92. The molecular weight excluding hydrogens is 262 g/mol. The van der Waals surface area contributed by atoms with Gasteiger partial charge in [-0.05, 0) is 31.2 Å². The lowest BCUT2D eigenvalue weighted by molar-refractivity contribution is -0.148. The van der Waals surface area contributed by atoms with Gasteiger partial charge in [-0.1, -0.05) is 0 Å². The van der Waals surface area contributed by atoms with Crippen molar-refractivity contribution < 1.29 is 23.8 Å². The molecule has 0 saturated carbocycles. The highest BCUT2D eigenvalue weighted by Gasteiger charge is 2.12. The van der Waals surface area contributed by atoms with Gasteiger partial charge in [0.15, 0.2) is 6.10 Å². The summed E-state index contributed by atoms with van der Waals surface area (Å²) < 4.78 is 15.0. The predicted molar refractivity (Wildman–Crippen MR) is 73.3 cm³/mol. The molecule has 1 atom stereocenters. The molecule has 0 spiro atoms. The van der Waals surface area contributed by atoms with Crippen molar-refractivity contribution in [3.8, 4) is 11.5 Å². The van der Waals surface area contributed by atoms with Gasteiger partial charge in [-0.3, -0.25) is 4.79 Å². The second kappa shape index (κ2) is 7.18. The van der Waals surface area contributed by atoms with E-state index < -0.39 is 18.0 Å². The fourth-order valence-corrected chi connectivity index (χ4v) is 1.40. The monoisotopic (exact) mass is 279 g/mol. The Morgan fingerprint density at radius 2 is 1.95 bits per heavy atom. The molecule has 0 saturated heterocycles. The predicted octanol–water partition coefficient (Wildman–Crippen LogP) is 1.13. The fraction of sp³-hybridized carbons (Fsp3) is 0.286. The second-order valence-corrected chi connectivity index (χ2v) is 3.92. The number of ether oxygens (including phenoxy) is 3. The van der Waals surface area contributed by atoms with Gasteiger partial charge in [-0.15, -0.1) is 0 Å². The SMILES string of the molecule is COc1ccc(OC)c(/C=C/C(=O)O[C@@H](C)C(N)=O)c1. The third-order valence-electron chi connectivity index (χ3n) is 2.53. The lowest BCUT2D eigenvalue weighted by Crippen LogP contribution is -2.29. The number of esters is 1. The molecule has 1 aromatic rings. The van der Waals surface area contributed by atoms with Crippen LogP contribution >= 0.6 is 0 Å². The highest BCUT2D eigenvalue weighted by atomic mass is 16.5. The average molecular weight is 279 g/mol. The minimum absolute atomic E-state index is 0.581. The van der Waals surface area contributed by atoms with Gasteiger partial charge in [0.2, 0.25) is 0 Å². The van der Waals surface area contributed by atoms with Crippen LogP contribution in [0.2, 0.25) is 0 Å². The van der Waals surface area contributed by atoms with Crippen LogP contribution in [0.5, 0.6) is 11.5 Å². The van der Waals surface area contributed by atoms with E-state index in [0.29, 0.717) is 17.1 Å². The summed E-state index contributed by atoms with van der Waals surface area (Å²) >= 11 is 0. The van der Waals surface area contributed by atoms with Gasteiger partial charge in [0.05, 0.1) is 14.2 Å². The lowest BCUT2D eigenvalue weighted by Gasteiger charge is -2.08. The zero-order valence-corrected chi connectivity index (χ0v) is 11.6. The summed E-state index contributed by atoms with van der Waals surface area (Å²) in [4.78, 5) is 22.3. The highest BCUT2D eigenvalue weighted by Crippen LogP contribution is 2.25. The number of carbonyl (C=O) groups is 2. The maximum absolute atomic E-state index is 11.5. The Bertz CT molecular complexity index is 524. The Morgan fingerprint density at radius 1 is 1.25 bits per heavy atom. The van der Waals surface area contributed by atoms with Gasteiger partial charge in [0, 0.05) is 11.6 Å². The number of carbonyl (C=O) groups excluding carboxylic acids is 2. The number of methoxy groups -OCH3 is 2. The first-order valence-electron chi connectivity index (χ1n) is 5.88. The van der Waals surface area contributed by atoms with Crippen molar-refractivity contribution in [1.82, 2.24) is 0 Å². The minimum atomic E-state index is -0.973. The van der Waals surface area contributed by atoms with Crippen molar-refractivity contribution in [2.75, 3.05) is 14.2 Å². The van der Waals surface area contributed by atoms with E-state index in [1.807, 2.05) is 0 Å². The summed E-state index contributed by atoms with van der Waals surface area (Å²) in [6.45, 7) is 1.40. The average Bonchev–Trinajstić information content (AvgIpc) is 2.44. The van der Waals surface area contributed by atoms with E-state index in [-0.39, 0.29) is 0 Å². The normalized spacial score (nSPS) is 11.9. The van der Waals surface area contributed by atoms with Crippen molar-refractivity contribution in [3.05, 3.63) is 29.8 Å². The molecule has 1 rings (SSSR count). The molecule has 0 fully saturated rings. The number of hydrogen-bond donors (Lipinski definition) is 1. The molecule has 0 radical (unpaired) electrons. The van der Waals surface area contributed by atoms with Crippen LogP contribution in [0, 0.1) is 0 Å². The van der Waals surface area contributed by atoms with E-state index in [2.05, 4.69) is 0 Å². The first-order chi connectivity index (χ1) is 9.47. The first-order valence-corrected chi connectivity index (χ1v) is 5.88. The Morgan fingerprint density at radius 3 is 2.50 bits per heavy atom. The van der Waals surface area contributed by atoms with E-state index in [0.717, 1.165) is 0 Å². The fourth-order valence-electron chi connectivity index (χ4n) is 1.40. The van der Waals surface area contributed by atoms with E-state index >= 15 is 0 Å².